The van der Waals surface area contributed by atoms with Crippen LogP contribution in [0.1, 0.15) is 42.5 Å². The van der Waals surface area contributed by atoms with Crippen LogP contribution in [0.25, 0.3) is 0 Å². The van der Waals surface area contributed by atoms with Gasteiger partial charge in [0.05, 0.1) is 23.8 Å². The molecule has 0 saturated carbocycles. The van der Waals surface area contributed by atoms with Crippen LogP contribution in [0.3, 0.4) is 0 Å². The molecule has 1 fully saturated rings. The van der Waals surface area contributed by atoms with Crippen LogP contribution in [0.15, 0.2) is 42.5 Å². The molecule has 1 aliphatic heterocycles. The van der Waals surface area contributed by atoms with Crippen LogP contribution in [0.4, 0.5) is 4.39 Å². The first kappa shape index (κ1) is 22.7. The van der Waals surface area contributed by atoms with E-state index in [0.717, 1.165) is 24.3 Å². The van der Waals surface area contributed by atoms with Gasteiger partial charge in [0.25, 0.3) is 5.91 Å². The number of likely N-dealkylation sites (tertiary alicyclic amines) is 1. The van der Waals surface area contributed by atoms with Crippen LogP contribution in [0, 0.1) is 0 Å². The Labute approximate surface area is 186 Å². The number of piperidine rings is 1. The topological polar surface area (TPSA) is 38.8 Å². The number of rotatable bonds is 8. The number of nitrogens with zero attached hydrogens (tertiary/aromatic N) is 1. The molecule has 162 valence electrons. The molecule has 1 amide bonds. The third kappa shape index (κ3) is 6.02. The van der Waals surface area contributed by atoms with Gasteiger partial charge in [-0.2, -0.15) is 0 Å². The van der Waals surface area contributed by atoms with Crippen molar-refractivity contribution >= 4 is 29.1 Å². The van der Waals surface area contributed by atoms with Crippen molar-refractivity contribution < 1.29 is 18.7 Å². The molecule has 1 heterocycles. The fourth-order valence-corrected chi connectivity index (χ4v) is 3.90. The number of amides is 1. The average Bonchev–Trinajstić information content (AvgIpc) is 2.75. The second-order valence-electron chi connectivity index (χ2n) is 7.56. The molecule has 2 aromatic rings. The molecule has 0 atom stereocenters. The molecule has 3 rings (SSSR count). The Morgan fingerprint density at radius 2 is 1.80 bits per heavy atom. The lowest BCUT2D eigenvalue weighted by molar-refractivity contribution is 0.0382. The molecule has 0 N–H and O–H groups in total. The zero-order valence-electron chi connectivity index (χ0n) is 17.0. The van der Waals surface area contributed by atoms with Gasteiger partial charge in [0.2, 0.25) is 0 Å². The molecule has 0 unspecified atom stereocenters. The average molecular weight is 454 g/mol. The summed E-state index contributed by atoms with van der Waals surface area (Å²) in [4.78, 5) is 14.3. The molecule has 0 aliphatic carbocycles. The lowest BCUT2D eigenvalue weighted by Gasteiger charge is -2.36. The first-order chi connectivity index (χ1) is 14.4. The van der Waals surface area contributed by atoms with Gasteiger partial charge in [-0.05, 0) is 62.4 Å². The van der Waals surface area contributed by atoms with Gasteiger partial charge in [0.15, 0.2) is 0 Å². The highest BCUT2D eigenvalue weighted by molar-refractivity contribution is 6.42. The molecule has 30 heavy (non-hydrogen) atoms. The van der Waals surface area contributed by atoms with Crippen LogP contribution in [0.5, 0.6) is 11.5 Å². The zero-order chi connectivity index (χ0) is 21.6. The van der Waals surface area contributed by atoms with E-state index in [4.69, 9.17) is 32.7 Å². The quantitative estimate of drug-likeness (QED) is 0.446. The predicted molar refractivity (Wildman–Crippen MR) is 118 cm³/mol. The Hall–Kier alpha value is -1.98. The minimum Gasteiger partial charge on any atom is -0.497 e. The van der Waals surface area contributed by atoms with Gasteiger partial charge in [-0.1, -0.05) is 29.3 Å². The van der Waals surface area contributed by atoms with Crippen molar-refractivity contribution in [1.82, 2.24) is 4.90 Å². The molecule has 0 bridgehead atoms. The second kappa shape index (κ2) is 10.4. The van der Waals surface area contributed by atoms with Crippen LogP contribution in [-0.4, -0.2) is 43.3 Å². The lowest BCUT2D eigenvalue weighted by Crippen LogP contribution is -2.44. The van der Waals surface area contributed by atoms with Crippen molar-refractivity contribution in [2.45, 2.75) is 37.8 Å². The van der Waals surface area contributed by atoms with Gasteiger partial charge in [0.1, 0.15) is 17.2 Å². The van der Waals surface area contributed by atoms with Crippen molar-refractivity contribution in [1.29, 1.82) is 0 Å². The number of carbonyl (C=O) groups is 1. The summed E-state index contributed by atoms with van der Waals surface area (Å²) < 4.78 is 26.0. The molecule has 0 radical (unpaired) electrons. The lowest BCUT2D eigenvalue weighted by atomic mass is 9.88. The van der Waals surface area contributed by atoms with Crippen LogP contribution < -0.4 is 9.47 Å². The molecular weight excluding hydrogens is 428 g/mol. The number of carbonyl (C=O) groups excluding carboxylic acids is 1. The van der Waals surface area contributed by atoms with Crippen LogP contribution in [-0.2, 0) is 0 Å². The highest BCUT2D eigenvalue weighted by atomic mass is 35.5. The monoisotopic (exact) mass is 453 g/mol. The van der Waals surface area contributed by atoms with E-state index >= 15 is 4.39 Å². The summed E-state index contributed by atoms with van der Waals surface area (Å²) >= 11 is 11.9. The first-order valence-electron chi connectivity index (χ1n) is 10.1. The maximum atomic E-state index is 15.1. The third-order valence-electron chi connectivity index (χ3n) is 5.44. The third-order valence-corrected chi connectivity index (χ3v) is 6.18. The van der Waals surface area contributed by atoms with Gasteiger partial charge >= 0.3 is 0 Å². The maximum absolute atomic E-state index is 15.1. The van der Waals surface area contributed by atoms with Gasteiger partial charge in [-0.25, -0.2) is 4.39 Å². The smallest absolute Gasteiger partial charge is 0.253 e. The largest absolute Gasteiger partial charge is 0.497 e. The van der Waals surface area contributed by atoms with Crippen molar-refractivity contribution in [3.05, 3.63) is 58.1 Å². The fraction of sp³-hybridized carbons (Fsp3) is 0.435. The van der Waals surface area contributed by atoms with E-state index < -0.39 is 5.67 Å². The number of alkyl halides is 1. The number of methoxy groups -OCH3 is 1. The van der Waals surface area contributed by atoms with Crippen LogP contribution in [0.2, 0.25) is 10.0 Å². The Morgan fingerprint density at radius 1 is 1.07 bits per heavy atom. The Balaban J connectivity index is 1.40. The molecule has 2 aromatic carbocycles. The number of unbranched alkanes of at least 4 members (excludes halogenated alkanes) is 1. The number of halogens is 3. The van der Waals surface area contributed by atoms with Gasteiger partial charge in [-0.3, -0.25) is 4.79 Å². The zero-order valence-corrected chi connectivity index (χ0v) is 18.5. The summed E-state index contributed by atoms with van der Waals surface area (Å²) in [6, 6.07) is 12.3. The van der Waals surface area contributed by atoms with Gasteiger partial charge in [0, 0.05) is 24.7 Å². The Morgan fingerprint density at radius 3 is 2.50 bits per heavy atom. The molecule has 4 nitrogen and oxygen atoms in total. The minimum atomic E-state index is -1.23. The summed E-state index contributed by atoms with van der Waals surface area (Å²) in [6.45, 7) is 1.33. The van der Waals surface area contributed by atoms with E-state index in [-0.39, 0.29) is 5.91 Å². The van der Waals surface area contributed by atoms with E-state index in [1.807, 2.05) is 24.3 Å². The summed E-state index contributed by atoms with van der Waals surface area (Å²) in [7, 11) is 1.61. The SMILES string of the molecule is COc1cccc(OCCCCC2(F)CCN(C(=O)c3ccc(Cl)c(Cl)c3)CC2)c1. The summed E-state index contributed by atoms with van der Waals surface area (Å²) in [5.74, 6) is 1.36. The fourth-order valence-electron chi connectivity index (χ4n) is 3.60. The molecular formula is C23H26Cl2FNO3. The summed E-state index contributed by atoms with van der Waals surface area (Å²) in [5, 5.41) is 0.751. The Kier molecular flexibility index (Phi) is 7.84. The highest BCUT2D eigenvalue weighted by Gasteiger charge is 2.35. The van der Waals surface area contributed by atoms with E-state index in [9.17, 15) is 4.79 Å². The molecule has 7 heteroatoms. The highest BCUT2D eigenvalue weighted by Crippen LogP contribution is 2.33. The predicted octanol–water partition coefficient (Wildman–Crippen LogP) is 6.20. The van der Waals surface area contributed by atoms with Crippen molar-refractivity contribution in [3.8, 4) is 11.5 Å². The second-order valence-corrected chi connectivity index (χ2v) is 8.37. The standard InChI is InChI=1S/C23H26Cl2FNO3/c1-29-18-5-4-6-19(16-18)30-14-3-2-9-23(26)10-12-27(13-11-23)22(28)17-7-8-20(24)21(25)15-17/h4-8,15-16H,2-3,9-14H2,1H3. The van der Waals surface area contributed by atoms with Gasteiger partial charge < -0.3 is 14.4 Å². The van der Waals surface area contributed by atoms with Crippen molar-refractivity contribution in [2.75, 3.05) is 26.8 Å². The van der Waals surface area contributed by atoms with E-state index in [2.05, 4.69) is 0 Å². The number of ether oxygens (including phenoxy) is 2. The minimum absolute atomic E-state index is 0.137. The van der Waals surface area contributed by atoms with Crippen molar-refractivity contribution in [2.24, 2.45) is 0 Å². The number of hydrogen-bond donors (Lipinski definition) is 0. The first-order valence-corrected chi connectivity index (χ1v) is 10.9. The van der Waals surface area contributed by atoms with E-state index in [1.54, 1.807) is 30.2 Å². The normalized spacial score (nSPS) is 15.7. The van der Waals surface area contributed by atoms with E-state index in [1.165, 1.54) is 0 Å². The van der Waals surface area contributed by atoms with Gasteiger partial charge in [-0.15, -0.1) is 0 Å². The van der Waals surface area contributed by atoms with Crippen molar-refractivity contribution in [3.63, 3.8) is 0 Å². The number of benzene rings is 2. The van der Waals surface area contributed by atoms with Crippen LogP contribution >= 0.6 is 23.2 Å². The molecule has 1 aliphatic rings. The number of hydrogen-bond acceptors (Lipinski definition) is 3. The molecule has 0 aromatic heterocycles. The summed E-state index contributed by atoms with van der Waals surface area (Å²) in [6.07, 6.45) is 2.67. The van der Waals surface area contributed by atoms with E-state index in [0.29, 0.717) is 54.6 Å². The molecule has 0 spiro atoms. The maximum Gasteiger partial charge on any atom is 0.253 e. The Bertz CT molecular complexity index is 869. The molecule has 1 saturated heterocycles. The summed E-state index contributed by atoms with van der Waals surface area (Å²) in [5.41, 5.74) is -0.754.